The van der Waals surface area contributed by atoms with Gasteiger partial charge in [0.15, 0.2) is 0 Å². The molecule has 1 aromatic carbocycles. The Bertz CT molecular complexity index is 394. The molecule has 0 unspecified atom stereocenters. The highest BCUT2D eigenvalue weighted by Gasteiger charge is 2.13. The van der Waals surface area contributed by atoms with Crippen molar-refractivity contribution in [2.75, 3.05) is 25.0 Å². The van der Waals surface area contributed by atoms with Crippen molar-refractivity contribution in [2.24, 2.45) is 5.92 Å². The van der Waals surface area contributed by atoms with Crippen LogP contribution in [0.5, 0.6) is 0 Å². The van der Waals surface area contributed by atoms with Gasteiger partial charge in [0.25, 0.3) is 6.43 Å². The molecular formula is C14H21F3N2. The lowest BCUT2D eigenvalue weighted by atomic mass is 10.1. The maximum Gasteiger partial charge on any atom is 0.255 e. The first-order valence-corrected chi connectivity index (χ1v) is 6.38. The fourth-order valence-corrected chi connectivity index (χ4v) is 1.87. The van der Waals surface area contributed by atoms with Crippen molar-refractivity contribution in [1.82, 2.24) is 5.32 Å². The fraction of sp³-hybridized carbons (Fsp3) is 0.571. The van der Waals surface area contributed by atoms with Gasteiger partial charge >= 0.3 is 0 Å². The van der Waals surface area contributed by atoms with Crippen molar-refractivity contribution < 1.29 is 13.2 Å². The van der Waals surface area contributed by atoms with Gasteiger partial charge in [0.05, 0.1) is 6.54 Å². The van der Waals surface area contributed by atoms with E-state index in [1.807, 2.05) is 0 Å². The number of nitrogens with one attached hydrogen (secondary N) is 1. The number of anilines is 1. The van der Waals surface area contributed by atoms with E-state index in [2.05, 4.69) is 19.2 Å². The Morgan fingerprint density at radius 1 is 1.26 bits per heavy atom. The minimum Gasteiger partial charge on any atom is -0.369 e. The molecule has 0 aliphatic rings. The van der Waals surface area contributed by atoms with E-state index >= 15 is 0 Å². The number of halogens is 3. The second-order valence-corrected chi connectivity index (χ2v) is 5.07. The summed E-state index contributed by atoms with van der Waals surface area (Å²) < 4.78 is 38.1. The summed E-state index contributed by atoms with van der Waals surface area (Å²) in [5.74, 6) is 0.131. The molecule has 1 N–H and O–H groups in total. The third-order valence-corrected chi connectivity index (χ3v) is 2.73. The Kier molecular flexibility index (Phi) is 6.15. The summed E-state index contributed by atoms with van der Waals surface area (Å²) in [5.41, 5.74) is 1.33. The third-order valence-electron chi connectivity index (χ3n) is 2.73. The zero-order valence-electron chi connectivity index (χ0n) is 11.6. The predicted octanol–water partition coefficient (Wildman–Crippen LogP) is 3.27. The molecule has 0 bridgehead atoms. The van der Waals surface area contributed by atoms with E-state index in [0.29, 0.717) is 23.7 Å². The second kappa shape index (κ2) is 7.38. The number of nitrogens with zero attached hydrogens (tertiary/aromatic N) is 1. The van der Waals surface area contributed by atoms with E-state index in [1.165, 1.54) is 17.0 Å². The lowest BCUT2D eigenvalue weighted by Crippen LogP contribution is -2.27. The van der Waals surface area contributed by atoms with Gasteiger partial charge in [0.2, 0.25) is 0 Å². The van der Waals surface area contributed by atoms with E-state index < -0.39 is 6.43 Å². The normalized spacial score (nSPS) is 11.4. The van der Waals surface area contributed by atoms with E-state index in [0.717, 1.165) is 6.54 Å². The summed E-state index contributed by atoms with van der Waals surface area (Å²) in [6, 6.07) is 4.23. The molecule has 0 spiro atoms. The summed E-state index contributed by atoms with van der Waals surface area (Å²) in [5, 5.41) is 3.20. The van der Waals surface area contributed by atoms with Crippen LogP contribution in [0.4, 0.5) is 18.9 Å². The highest BCUT2D eigenvalue weighted by molar-refractivity contribution is 5.53. The highest BCUT2D eigenvalue weighted by atomic mass is 19.3. The molecule has 0 aromatic heterocycles. The van der Waals surface area contributed by atoms with E-state index in [9.17, 15) is 13.2 Å². The van der Waals surface area contributed by atoms with Crippen LogP contribution in [-0.2, 0) is 6.54 Å². The summed E-state index contributed by atoms with van der Waals surface area (Å²) in [7, 11) is 1.59. The molecule has 0 radical (unpaired) electrons. The first kappa shape index (κ1) is 15.8. The smallest absolute Gasteiger partial charge is 0.255 e. The molecule has 0 atom stereocenters. The van der Waals surface area contributed by atoms with Crippen LogP contribution >= 0.6 is 0 Å². The van der Waals surface area contributed by atoms with Crippen LogP contribution in [0.25, 0.3) is 0 Å². The highest BCUT2D eigenvalue weighted by Crippen LogP contribution is 2.21. The molecule has 2 nitrogen and oxygen atoms in total. The molecule has 5 heteroatoms. The fourth-order valence-electron chi connectivity index (χ4n) is 1.87. The third kappa shape index (κ3) is 5.51. The average molecular weight is 274 g/mol. The summed E-state index contributed by atoms with van der Waals surface area (Å²) in [4.78, 5) is 1.45. The second-order valence-electron chi connectivity index (χ2n) is 5.07. The quantitative estimate of drug-likeness (QED) is 0.821. The van der Waals surface area contributed by atoms with E-state index in [4.69, 9.17) is 0 Å². The van der Waals surface area contributed by atoms with Crippen molar-refractivity contribution in [2.45, 2.75) is 26.8 Å². The Hall–Kier alpha value is -1.23. The van der Waals surface area contributed by atoms with Crippen molar-refractivity contribution >= 4 is 5.69 Å². The first-order valence-electron chi connectivity index (χ1n) is 6.38. The molecule has 0 aliphatic heterocycles. The molecule has 0 saturated carbocycles. The van der Waals surface area contributed by atoms with Crippen LogP contribution in [-0.4, -0.2) is 26.6 Å². The van der Waals surface area contributed by atoms with Gasteiger partial charge in [-0.2, -0.15) is 0 Å². The van der Waals surface area contributed by atoms with Crippen molar-refractivity contribution in [3.05, 3.63) is 29.6 Å². The first-order chi connectivity index (χ1) is 8.90. The number of alkyl halides is 2. The molecule has 0 amide bonds. The van der Waals surface area contributed by atoms with Crippen LogP contribution in [0.1, 0.15) is 19.4 Å². The van der Waals surface area contributed by atoms with Gasteiger partial charge in [0, 0.05) is 19.3 Å². The standard InChI is InChI=1S/C14H21F3N2/c1-10(2)7-18-8-11-6-12(15)4-5-13(11)19(3)9-14(16)17/h4-6,10,14,18H,7-9H2,1-3H3. The van der Waals surface area contributed by atoms with E-state index in [1.54, 1.807) is 13.1 Å². The molecule has 0 aliphatic carbocycles. The van der Waals surface area contributed by atoms with Gasteiger partial charge in [-0.25, -0.2) is 13.2 Å². The number of hydrogen-bond acceptors (Lipinski definition) is 2. The van der Waals surface area contributed by atoms with Crippen LogP contribution < -0.4 is 10.2 Å². The Labute approximate surface area is 112 Å². The van der Waals surface area contributed by atoms with Crippen LogP contribution in [0, 0.1) is 11.7 Å². The van der Waals surface area contributed by atoms with Gasteiger partial charge in [0.1, 0.15) is 5.82 Å². The largest absolute Gasteiger partial charge is 0.369 e. The SMILES string of the molecule is CC(C)CNCc1cc(F)ccc1N(C)CC(F)F. The Morgan fingerprint density at radius 3 is 2.53 bits per heavy atom. The van der Waals surface area contributed by atoms with E-state index in [-0.39, 0.29) is 12.4 Å². The van der Waals surface area contributed by atoms with Crippen molar-refractivity contribution in [3.63, 3.8) is 0 Å². The topological polar surface area (TPSA) is 15.3 Å². The van der Waals surface area contributed by atoms with Crippen LogP contribution in [0.15, 0.2) is 18.2 Å². The summed E-state index contributed by atoms with van der Waals surface area (Å²) in [6.07, 6.45) is -2.41. The Morgan fingerprint density at radius 2 is 1.95 bits per heavy atom. The molecule has 1 aromatic rings. The van der Waals surface area contributed by atoms with Gasteiger partial charge < -0.3 is 10.2 Å². The minimum absolute atomic E-state index is 0.351. The lowest BCUT2D eigenvalue weighted by Gasteiger charge is -2.22. The van der Waals surface area contributed by atoms with Crippen molar-refractivity contribution in [3.8, 4) is 0 Å². The predicted molar refractivity (Wildman–Crippen MR) is 72.2 cm³/mol. The van der Waals surface area contributed by atoms with Gasteiger partial charge in [-0.05, 0) is 36.2 Å². The average Bonchev–Trinajstić information content (AvgIpc) is 2.27. The molecule has 19 heavy (non-hydrogen) atoms. The molecule has 1 rings (SSSR count). The van der Waals surface area contributed by atoms with Gasteiger partial charge in [-0.3, -0.25) is 0 Å². The maximum atomic E-state index is 13.3. The lowest BCUT2D eigenvalue weighted by molar-refractivity contribution is 0.156. The van der Waals surface area contributed by atoms with Gasteiger partial charge in [-0.1, -0.05) is 13.8 Å². The summed E-state index contributed by atoms with van der Waals surface area (Å²) >= 11 is 0. The number of rotatable bonds is 7. The number of benzene rings is 1. The molecule has 0 heterocycles. The van der Waals surface area contributed by atoms with Gasteiger partial charge in [-0.15, -0.1) is 0 Å². The monoisotopic (exact) mass is 274 g/mol. The zero-order chi connectivity index (χ0) is 14.4. The minimum atomic E-state index is -2.41. The van der Waals surface area contributed by atoms with Crippen LogP contribution in [0.3, 0.4) is 0 Å². The van der Waals surface area contributed by atoms with Crippen molar-refractivity contribution in [1.29, 1.82) is 0 Å². The summed E-state index contributed by atoms with van der Waals surface area (Å²) in [6.45, 7) is 5.06. The molecule has 108 valence electrons. The maximum absolute atomic E-state index is 13.3. The van der Waals surface area contributed by atoms with Crippen LogP contribution in [0.2, 0.25) is 0 Å². The molecule has 0 fully saturated rings. The molecular weight excluding hydrogens is 253 g/mol. The number of hydrogen-bond donors (Lipinski definition) is 1. The Balaban J connectivity index is 2.79. The zero-order valence-corrected chi connectivity index (χ0v) is 11.6. The molecule has 0 saturated heterocycles.